The van der Waals surface area contributed by atoms with Crippen molar-refractivity contribution in [2.24, 2.45) is 0 Å². The summed E-state index contributed by atoms with van der Waals surface area (Å²) in [6, 6.07) is 5.13. The lowest BCUT2D eigenvalue weighted by molar-refractivity contribution is -0.159. The van der Waals surface area contributed by atoms with E-state index < -0.39 is 29.1 Å². The van der Waals surface area contributed by atoms with Crippen molar-refractivity contribution in [2.75, 3.05) is 13.6 Å². The Bertz CT molecular complexity index is 641. The van der Waals surface area contributed by atoms with Gasteiger partial charge in [-0.3, -0.25) is 9.59 Å². The highest BCUT2D eigenvalue weighted by Gasteiger charge is 2.45. The van der Waals surface area contributed by atoms with Crippen LogP contribution in [0.15, 0.2) is 24.3 Å². The van der Waals surface area contributed by atoms with Crippen molar-refractivity contribution in [1.29, 1.82) is 0 Å². The SMILES string of the molecule is CN(C(=O)CNC(=O)c1cccc(F)c1)C1(C(=O)O)CCCCC1. The number of carboxylic acid groups (broad SMARTS) is 1. The van der Waals surface area contributed by atoms with Crippen LogP contribution in [0.25, 0.3) is 0 Å². The van der Waals surface area contributed by atoms with E-state index in [4.69, 9.17) is 0 Å². The van der Waals surface area contributed by atoms with Crippen molar-refractivity contribution in [3.05, 3.63) is 35.6 Å². The first-order valence-corrected chi connectivity index (χ1v) is 7.90. The number of aliphatic carboxylic acids is 1. The number of nitrogens with one attached hydrogen (secondary N) is 1. The van der Waals surface area contributed by atoms with Crippen molar-refractivity contribution < 1.29 is 23.9 Å². The lowest BCUT2D eigenvalue weighted by atomic mass is 9.80. The Balaban J connectivity index is 2.00. The van der Waals surface area contributed by atoms with E-state index in [9.17, 15) is 23.9 Å². The van der Waals surface area contributed by atoms with Crippen molar-refractivity contribution in [1.82, 2.24) is 10.2 Å². The standard InChI is InChI=1S/C17H21FN2O4/c1-20(17(16(23)24)8-3-2-4-9-17)14(21)11-19-15(22)12-6-5-7-13(18)10-12/h5-7,10H,2-4,8-9,11H2,1H3,(H,19,22)(H,23,24). The maximum atomic E-state index is 13.1. The van der Waals surface area contributed by atoms with E-state index >= 15 is 0 Å². The molecule has 2 N–H and O–H groups in total. The van der Waals surface area contributed by atoms with Gasteiger partial charge in [0.1, 0.15) is 11.4 Å². The van der Waals surface area contributed by atoms with Gasteiger partial charge in [-0.25, -0.2) is 9.18 Å². The molecule has 2 rings (SSSR count). The minimum absolute atomic E-state index is 0.107. The molecule has 1 aliphatic rings. The number of nitrogens with zero attached hydrogens (tertiary/aromatic N) is 1. The summed E-state index contributed by atoms with van der Waals surface area (Å²) in [7, 11) is 1.45. The molecule has 0 spiro atoms. The summed E-state index contributed by atoms with van der Waals surface area (Å²) in [6.07, 6.45) is 3.26. The van der Waals surface area contributed by atoms with Crippen molar-refractivity contribution >= 4 is 17.8 Å². The molecule has 0 aliphatic heterocycles. The monoisotopic (exact) mass is 336 g/mol. The fourth-order valence-electron chi connectivity index (χ4n) is 3.07. The number of amides is 2. The number of halogens is 1. The Hall–Kier alpha value is -2.44. The Morgan fingerprint density at radius 2 is 1.92 bits per heavy atom. The molecule has 0 atom stereocenters. The van der Waals surface area contributed by atoms with Crippen LogP contribution in [0, 0.1) is 5.82 Å². The van der Waals surface area contributed by atoms with Crippen LogP contribution < -0.4 is 5.32 Å². The van der Waals surface area contributed by atoms with E-state index in [0.29, 0.717) is 12.8 Å². The van der Waals surface area contributed by atoms with Crippen LogP contribution in [0.2, 0.25) is 0 Å². The summed E-state index contributed by atoms with van der Waals surface area (Å²) in [5, 5.41) is 12.0. The van der Waals surface area contributed by atoms with Crippen LogP contribution in [0.1, 0.15) is 42.5 Å². The van der Waals surface area contributed by atoms with Crippen molar-refractivity contribution in [2.45, 2.75) is 37.6 Å². The third kappa shape index (κ3) is 3.72. The molecule has 0 heterocycles. The van der Waals surface area contributed by atoms with Crippen molar-refractivity contribution in [3.63, 3.8) is 0 Å². The zero-order valence-corrected chi connectivity index (χ0v) is 13.5. The lowest BCUT2D eigenvalue weighted by Crippen LogP contribution is -2.58. The largest absolute Gasteiger partial charge is 0.479 e. The Morgan fingerprint density at radius 1 is 1.25 bits per heavy atom. The van der Waals surface area contributed by atoms with Crippen LogP contribution in [0.4, 0.5) is 4.39 Å². The molecule has 1 fully saturated rings. The van der Waals surface area contributed by atoms with Gasteiger partial charge in [0.15, 0.2) is 0 Å². The quantitative estimate of drug-likeness (QED) is 0.858. The molecule has 0 aromatic heterocycles. The number of hydrogen-bond donors (Lipinski definition) is 2. The minimum atomic E-state index is -1.21. The maximum Gasteiger partial charge on any atom is 0.329 e. The number of carboxylic acids is 1. The topological polar surface area (TPSA) is 86.7 Å². The smallest absolute Gasteiger partial charge is 0.329 e. The van der Waals surface area contributed by atoms with E-state index in [1.54, 1.807) is 0 Å². The molecule has 0 unspecified atom stereocenters. The number of likely N-dealkylation sites (N-methyl/N-ethyl adjacent to an activating group) is 1. The summed E-state index contributed by atoms with van der Waals surface area (Å²) in [6.45, 7) is -0.332. The number of hydrogen-bond acceptors (Lipinski definition) is 3. The van der Waals surface area contributed by atoms with Crippen LogP contribution in [0.5, 0.6) is 0 Å². The van der Waals surface area contributed by atoms with Crippen LogP contribution >= 0.6 is 0 Å². The Kier molecular flexibility index (Phi) is 5.54. The molecular weight excluding hydrogens is 315 g/mol. The van der Waals surface area contributed by atoms with Gasteiger partial charge in [-0.1, -0.05) is 25.3 Å². The molecule has 0 saturated heterocycles. The predicted octanol–water partition coefficient (Wildman–Crippen LogP) is 1.80. The second-order valence-electron chi connectivity index (χ2n) is 6.04. The fourth-order valence-corrected chi connectivity index (χ4v) is 3.07. The highest BCUT2D eigenvalue weighted by Crippen LogP contribution is 2.33. The molecule has 1 saturated carbocycles. The van der Waals surface area contributed by atoms with Gasteiger partial charge in [0.05, 0.1) is 6.54 Å². The fraction of sp³-hybridized carbons (Fsp3) is 0.471. The molecule has 0 bridgehead atoms. The number of benzene rings is 1. The van der Waals surface area contributed by atoms with Crippen molar-refractivity contribution in [3.8, 4) is 0 Å². The molecule has 7 heteroatoms. The van der Waals surface area contributed by atoms with Gasteiger partial charge in [-0.15, -0.1) is 0 Å². The van der Waals surface area contributed by atoms with Gasteiger partial charge >= 0.3 is 5.97 Å². The molecule has 6 nitrogen and oxygen atoms in total. The second kappa shape index (κ2) is 7.42. The van der Waals surface area contributed by atoms with E-state index in [2.05, 4.69) is 5.32 Å². The van der Waals surface area contributed by atoms with E-state index in [0.717, 1.165) is 25.3 Å². The predicted molar refractivity (Wildman–Crippen MR) is 85.0 cm³/mol. The van der Waals surface area contributed by atoms with Gasteiger partial charge < -0.3 is 15.3 Å². The second-order valence-corrected chi connectivity index (χ2v) is 6.04. The normalized spacial score (nSPS) is 16.2. The van der Waals surface area contributed by atoms with Gasteiger partial charge in [-0.2, -0.15) is 0 Å². The van der Waals surface area contributed by atoms with E-state index in [-0.39, 0.29) is 12.1 Å². The molecular formula is C17H21FN2O4. The van der Waals surface area contributed by atoms with E-state index in [1.807, 2.05) is 0 Å². The summed E-state index contributed by atoms with van der Waals surface area (Å²) < 4.78 is 13.1. The van der Waals surface area contributed by atoms with Gasteiger partial charge in [-0.05, 0) is 31.0 Å². The van der Waals surface area contributed by atoms with Crippen LogP contribution in [0.3, 0.4) is 0 Å². The Morgan fingerprint density at radius 3 is 2.50 bits per heavy atom. The molecule has 130 valence electrons. The Labute approximate surface area is 139 Å². The lowest BCUT2D eigenvalue weighted by Gasteiger charge is -2.41. The summed E-state index contributed by atoms with van der Waals surface area (Å²) in [5.74, 6) is -2.62. The third-order valence-electron chi connectivity index (χ3n) is 4.58. The average Bonchev–Trinajstić information content (AvgIpc) is 2.59. The summed E-state index contributed by atoms with van der Waals surface area (Å²) in [5.41, 5.74) is -1.10. The first-order chi connectivity index (χ1) is 11.4. The third-order valence-corrected chi connectivity index (χ3v) is 4.58. The first kappa shape index (κ1) is 17.9. The molecule has 2 amide bonds. The van der Waals surface area contributed by atoms with E-state index in [1.165, 1.54) is 30.1 Å². The number of carbonyl (C=O) groups excluding carboxylic acids is 2. The first-order valence-electron chi connectivity index (χ1n) is 7.90. The molecule has 1 aliphatic carbocycles. The maximum absolute atomic E-state index is 13.1. The molecule has 1 aromatic rings. The average molecular weight is 336 g/mol. The van der Waals surface area contributed by atoms with Gasteiger partial charge in [0.25, 0.3) is 5.91 Å². The number of rotatable bonds is 5. The van der Waals surface area contributed by atoms with Gasteiger partial charge in [0.2, 0.25) is 5.91 Å². The summed E-state index contributed by atoms with van der Waals surface area (Å²) in [4.78, 5) is 37.2. The highest BCUT2D eigenvalue weighted by molar-refractivity contribution is 5.97. The van der Waals surface area contributed by atoms with Crippen LogP contribution in [-0.2, 0) is 9.59 Å². The molecule has 0 radical (unpaired) electrons. The zero-order valence-electron chi connectivity index (χ0n) is 13.5. The highest BCUT2D eigenvalue weighted by atomic mass is 19.1. The molecule has 1 aromatic carbocycles. The van der Waals surface area contributed by atoms with Gasteiger partial charge in [0, 0.05) is 12.6 Å². The molecule has 24 heavy (non-hydrogen) atoms. The van der Waals surface area contributed by atoms with Crippen LogP contribution in [-0.4, -0.2) is 46.9 Å². The number of carbonyl (C=O) groups is 3. The zero-order chi connectivity index (χ0) is 17.7. The minimum Gasteiger partial charge on any atom is -0.479 e. The summed E-state index contributed by atoms with van der Waals surface area (Å²) >= 11 is 0.